The molecule has 19 heavy (non-hydrogen) atoms. The molecular formula is C16H24N2O. The molecule has 1 aliphatic carbocycles. The van der Waals surface area contributed by atoms with E-state index in [4.69, 9.17) is 5.73 Å². The quantitative estimate of drug-likeness (QED) is 0.874. The van der Waals surface area contributed by atoms with Crippen LogP contribution in [0.25, 0.3) is 0 Å². The maximum Gasteiger partial charge on any atom is 0.223 e. The average molecular weight is 260 g/mol. The molecule has 3 unspecified atom stereocenters. The number of rotatable bonds is 4. The molecule has 1 amide bonds. The van der Waals surface area contributed by atoms with Crippen molar-refractivity contribution in [1.82, 2.24) is 5.32 Å². The minimum absolute atomic E-state index is 0.0639. The topological polar surface area (TPSA) is 55.1 Å². The highest BCUT2D eigenvalue weighted by molar-refractivity contribution is 5.79. The second-order valence-electron chi connectivity index (χ2n) is 5.53. The van der Waals surface area contributed by atoms with Crippen LogP contribution in [0.15, 0.2) is 30.3 Å². The molecular weight excluding hydrogens is 236 g/mol. The Morgan fingerprint density at radius 2 is 2.00 bits per heavy atom. The number of nitrogens with one attached hydrogen (secondary N) is 1. The molecule has 0 radical (unpaired) electrons. The van der Waals surface area contributed by atoms with Crippen LogP contribution in [-0.4, -0.2) is 12.5 Å². The zero-order valence-corrected chi connectivity index (χ0v) is 11.6. The first-order valence-corrected chi connectivity index (χ1v) is 7.27. The number of hydrogen-bond acceptors (Lipinski definition) is 2. The number of hydrogen-bond donors (Lipinski definition) is 2. The monoisotopic (exact) mass is 260 g/mol. The molecule has 104 valence electrons. The van der Waals surface area contributed by atoms with Gasteiger partial charge in [-0.15, -0.1) is 0 Å². The normalized spacial score (nSPS) is 24.7. The summed E-state index contributed by atoms with van der Waals surface area (Å²) in [5.41, 5.74) is 6.94. The molecule has 3 heteroatoms. The van der Waals surface area contributed by atoms with E-state index in [2.05, 4.69) is 5.32 Å². The molecule has 0 bridgehead atoms. The molecule has 3 N–H and O–H groups in total. The Bertz CT molecular complexity index is 404. The molecule has 0 aliphatic heterocycles. The maximum absolute atomic E-state index is 12.4. The van der Waals surface area contributed by atoms with Crippen molar-refractivity contribution in [3.63, 3.8) is 0 Å². The molecule has 0 spiro atoms. The van der Waals surface area contributed by atoms with E-state index in [1.54, 1.807) is 0 Å². The van der Waals surface area contributed by atoms with Crippen molar-refractivity contribution in [2.45, 2.75) is 38.6 Å². The van der Waals surface area contributed by atoms with Crippen LogP contribution >= 0.6 is 0 Å². The molecule has 2 rings (SSSR count). The highest BCUT2D eigenvalue weighted by Gasteiger charge is 2.30. The van der Waals surface area contributed by atoms with Crippen LogP contribution in [0, 0.1) is 11.8 Å². The van der Waals surface area contributed by atoms with Gasteiger partial charge in [0.05, 0.1) is 6.04 Å². The van der Waals surface area contributed by atoms with Crippen LogP contribution < -0.4 is 11.1 Å². The fraction of sp³-hybridized carbons (Fsp3) is 0.562. The molecule has 1 fully saturated rings. The van der Waals surface area contributed by atoms with Gasteiger partial charge in [-0.05, 0) is 37.8 Å². The minimum atomic E-state index is 0.0639. The van der Waals surface area contributed by atoms with Gasteiger partial charge in [-0.25, -0.2) is 0 Å². The summed E-state index contributed by atoms with van der Waals surface area (Å²) in [5, 5.41) is 3.14. The SMILES string of the molecule is CC(NC(=O)C1CCCCC1CN)c1ccccc1. The smallest absolute Gasteiger partial charge is 0.223 e. The van der Waals surface area contributed by atoms with Crippen molar-refractivity contribution in [3.05, 3.63) is 35.9 Å². The fourth-order valence-corrected chi connectivity index (χ4v) is 2.98. The lowest BCUT2D eigenvalue weighted by Gasteiger charge is -2.30. The van der Waals surface area contributed by atoms with Gasteiger partial charge in [0, 0.05) is 5.92 Å². The molecule has 1 saturated carbocycles. The molecule has 1 aromatic rings. The first kappa shape index (κ1) is 14.1. The highest BCUT2D eigenvalue weighted by atomic mass is 16.1. The Morgan fingerprint density at radius 3 is 2.68 bits per heavy atom. The first-order chi connectivity index (χ1) is 9.22. The lowest BCUT2D eigenvalue weighted by Crippen LogP contribution is -2.40. The van der Waals surface area contributed by atoms with E-state index in [0.29, 0.717) is 12.5 Å². The molecule has 3 nitrogen and oxygen atoms in total. The van der Waals surface area contributed by atoms with E-state index >= 15 is 0 Å². The molecule has 1 aromatic carbocycles. The first-order valence-electron chi connectivity index (χ1n) is 7.27. The van der Waals surface area contributed by atoms with Gasteiger partial charge in [-0.3, -0.25) is 4.79 Å². The second kappa shape index (κ2) is 6.71. The lowest BCUT2D eigenvalue weighted by molar-refractivity contribution is -0.128. The van der Waals surface area contributed by atoms with Crippen molar-refractivity contribution in [2.24, 2.45) is 17.6 Å². The van der Waals surface area contributed by atoms with Crippen LogP contribution in [0.4, 0.5) is 0 Å². The minimum Gasteiger partial charge on any atom is -0.349 e. The fourth-order valence-electron chi connectivity index (χ4n) is 2.98. The summed E-state index contributed by atoms with van der Waals surface area (Å²) in [4.78, 5) is 12.4. The van der Waals surface area contributed by atoms with E-state index in [0.717, 1.165) is 24.8 Å². The Kier molecular flexibility index (Phi) is 4.97. The number of nitrogens with two attached hydrogens (primary N) is 1. The number of amides is 1. The van der Waals surface area contributed by atoms with Gasteiger partial charge in [0.15, 0.2) is 0 Å². The summed E-state index contributed by atoms with van der Waals surface area (Å²) >= 11 is 0. The summed E-state index contributed by atoms with van der Waals surface area (Å²) in [5.74, 6) is 0.633. The van der Waals surface area contributed by atoms with Gasteiger partial charge in [0.25, 0.3) is 0 Å². The molecule has 0 heterocycles. The summed E-state index contributed by atoms with van der Waals surface area (Å²) in [6.07, 6.45) is 4.43. The Morgan fingerprint density at radius 1 is 1.32 bits per heavy atom. The van der Waals surface area contributed by atoms with Gasteiger partial charge < -0.3 is 11.1 Å². The van der Waals surface area contributed by atoms with Crippen molar-refractivity contribution < 1.29 is 4.79 Å². The van der Waals surface area contributed by atoms with E-state index < -0.39 is 0 Å². The van der Waals surface area contributed by atoms with Crippen LogP contribution in [0.3, 0.4) is 0 Å². The van der Waals surface area contributed by atoms with E-state index in [1.807, 2.05) is 37.3 Å². The van der Waals surface area contributed by atoms with Gasteiger partial charge in [0.1, 0.15) is 0 Å². The van der Waals surface area contributed by atoms with E-state index in [9.17, 15) is 4.79 Å². The van der Waals surface area contributed by atoms with Gasteiger partial charge in [0.2, 0.25) is 5.91 Å². The van der Waals surface area contributed by atoms with Gasteiger partial charge in [-0.2, -0.15) is 0 Å². The predicted octanol–water partition coefficient (Wildman–Crippen LogP) is 2.63. The second-order valence-corrected chi connectivity index (χ2v) is 5.53. The summed E-state index contributed by atoms with van der Waals surface area (Å²) < 4.78 is 0. The van der Waals surface area contributed by atoms with E-state index in [-0.39, 0.29) is 17.9 Å². The van der Waals surface area contributed by atoms with Gasteiger partial charge in [-0.1, -0.05) is 43.2 Å². The van der Waals surface area contributed by atoms with Crippen molar-refractivity contribution in [2.75, 3.05) is 6.54 Å². The molecule has 0 aromatic heterocycles. The summed E-state index contributed by atoms with van der Waals surface area (Å²) in [6.45, 7) is 2.66. The Labute approximate surface area is 115 Å². The van der Waals surface area contributed by atoms with Crippen molar-refractivity contribution in [1.29, 1.82) is 0 Å². The summed E-state index contributed by atoms with van der Waals surface area (Å²) in [6, 6.07) is 10.2. The largest absolute Gasteiger partial charge is 0.349 e. The molecule has 0 saturated heterocycles. The van der Waals surface area contributed by atoms with Crippen LogP contribution in [0.5, 0.6) is 0 Å². The third kappa shape index (κ3) is 3.57. The number of carbonyl (C=O) groups excluding carboxylic acids is 1. The average Bonchev–Trinajstić information content (AvgIpc) is 2.48. The maximum atomic E-state index is 12.4. The standard InChI is InChI=1S/C16H24N2O/c1-12(13-7-3-2-4-8-13)18-16(19)15-10-6-5-9-14(15)11-17/h2-4,7-8,12,14-15H,5-6,9-11,17H2,1H3,(H,18,19). The molecule has 1 aliphatic rings. The predicted molar refractivity (Wildman–Crippen MR) is 77.5 cm³/mol. The van der Waals surface area contributed by atoms with Crippen molar-refractivity contribution >= 4 is 5.91 Å². The van der Waals surface area contributed by atoms with Gasteiger partial charge >= 0.3 is 0 Å². The van der Waals surface area contributed by atoms with Crippen LogP contribution in [0.1, 0.15) is 44.2 Å². The molecule has 3 atom stereocenters. The Balaban J connectivity index is 1.96. The third-order valence-corrected chi connectivity index (χ3v) is 4.21. The van der Waals surface area contributed by atoms with E-state index in [1.165, 1.54) is 6.42 Å². The number of benzene rings is 1. The van der Waals surface area contributed by atoms with Crippen LogP contribution in [0.2, 0.25) is 0 Å². The number of carbonyl (C=O) groups is 1. The third-order valence-electron chi connectivity index (χ3n) is 4.21. The zero-order chi connectivity index (χ0) is 13.7. The Hall–Kier alpha value is -1.35. The lowest BCUT2D eigenvalue weighted by atomic mass is 9.78. The highest BCUT2D eigenvalue weighted by Crippen LogP contribution is 2.30. The van der Waals surface area contributed by atoms with Crippen LogP contribution in [-0.2, 0) is 4.79 Å². The summed E-state index contributed by atoms with van der Waals surface area (Å²) in [7, 11) is 0. The van der Waals surface area contributed by atoms with Crippen molar-refractivity contribution in [3.8, 4) is 0 Å². The zero-order valence-electron chi connectivity index (χ0n) is 11.6.